The van der Waals surface area contributed by atoms with Crippen LogP contribution in [0.1, 0.15) is 6.92 Å². The molecule has 0 bridgehead atoms. The molecule has 0 radical (unpaired) electrons. The van der Waals surface area contributed by atoms with E-state index in [1.54, 1.807) is 0 Å². The fraction of sp³-hybridized carbons (Fsp3) is 0.333. The van der Waals surface area contributed by atoms with Gasteiger partial charge in [-0.3, -0.25) is 9.59 Å². The minimum Gasteiger partial charge on any atom is -0.452 e. The van der Waals surface area contributed by atoms with Crippen LogP contribution in [0.2, 0.25) is 5.02 Å². The largest absolute Gasteiger partial charge is 0.452 e. The van der Waals surface area contributed by atoms with Crippen LogP contribution in [-0.4, -0.2) is 44.3 Å². The summed E-state index contributed by atoms with van der Waals surface area (Å²) in [5, 5.41) is 0.395. The van der Waals surface area contributed by atoms with Crippen molar-refractivity contribution in [3.05, 3.63) is 29.3 Å². The zero-order valence-corrected chi connectivity index (χ0v) is 13.0. The van der Waals surface area contributed by atoms with Gasteiger partial charge in [0.2, 0.25) is 10.0 Å². The van der Waals surface area contributed by atoms with E-state index in [0.717, 1.165) is 4.31 Å². The van der Waals surface area contributed by atoms with E-state index < -0.39 is 34.5 Å². The molecule has 116 valence electrons. The van der Waals surface area contributed by atoms with Gasteiger partial charge in [-0.2, -0.15) is 4.31 Å². The van der Waals surface area contributed by atoms with E-state index in [0.29, 0.717) is 5.02 Å². The van der Waals surface area contributed by atoms with Gasteiger partial charge in [-0.05, 0) is 31.2 Å². The number of ether oxygens (including phenoxy) is 1. The van der Waals surface area contributed by atoms with Crippen molar-refractivity contribution in [2.45, 2.75) is 17.9 Å². The molecule has 0 saturated carbocycles. The van der Waals surface area contributed by atoms with Crippen LogP contribution in [0.15, 0.2) is 29.2 Å². The second kappa shape index (κ2) is 6.88. The van der Waals surface area contributed by atoms with Crippen LogP contribution < -0.4 is 5.73 Å². The first-order valence-corrected chi connectivity index (χ1v) is 7.67. The highest BCUT2D eigenvalue weighted by atomic mass is 35.5. The zero-order valence-electron chi connectivity index (χ0n) is 11.4. The second-order valence-corrected chi connectivity index (χ2v) is 6.73. The Hall–Kier alpha value is -1.64. The number of carbonyl (C=O) groups excluding carboxylic acids is 2. The smallest absolute Gasteiger partial charge is 0.322 e. The van der Waals surface area contributed by atoms with E-state index in [1.165, 1.54) is 38.2 Å². The van der Waals surface area contributed by atoms with Gasteiger partial charge in [0, 0.05) is 12.1 Å². The molecule has 0 aliphatic heterocycles. The van der Waals surface area contributed by atoms with Gasteiger partial charge >= 0.3 is 5.97 Å². The molecule has 1 aromatic rings. The molecular formula is C12H15ClN2O5S. The number of halogens is 1. The third-order valence-corrected chi connectivity index (χ3v) is 4.65. The lowest BCUT2D eigenvalue weighted by Gasteiger charge is -2.17. The Bertz CT molecular complexity index is 630. The molecule has 0 aliphatic carbocycles. The maximum Gasteiger partial charge on any atom is 0.322 e. The molecule has 0 aliphatic rings. The Labute approximate surface area is 127 Å². The van der Waals surface area contributed by atoms with Gasteiger partial charge in [0.05, 0.1) is 4.90 Å². The molecule has 2 N–H and O–H groups in total. The van der Waals surface area contributed by atoms with Crippen LogP contribution >= 0.6 is 11.6 Å². The van der Waals surface area contributed by atoms with Gasteiger partial charge in [0.25, 0.3) is 5.91 Å². The van der Waals surface area contributed by atoms with Gasteiger partial charge in [-0.15, -0.1) is 0 Å². The Morgan fingerprint density at radius 3 is 2.33 bits per heavy atom. The number of amides is 1. The van der Waals surface area contributed by atoms with E-state index in [1.807, 2.05) is 0 Å². The molecular weight excluding hydrogens is 320 g/mol. The highest BCUT2D eigenvalue weighted by molar-refractivity contribution is 7.89. The number of carbonyl (C=O) groups is 2. The highest BCUT2D eigenvalue weighted by Crippen LogP contribution is 2.17. The predicted molar refractivity (Wildman–Crippen MR) is 76.0 cm³/mol. The lowest BCUT2D eigenvalue weighted by atomic mass is 10.4. The summed E-state index contributed by atoms with van der Waals surface area (Å²) >= 11 is 5.69. The first kappa shape index (κ1) is 17.4. The van der Waals surface area contributed by atoms with Gasteiger partial charge in [-0.25, -0.2) is 8.42 Å². The average molecular weight is 335 g/mol. The highest BCUT2D eigenvalue weighted by Gasteiger charge is 2.25. The molecule has 7 nitrogen and oxygen atoms in total. The third-order valence-electron chi connectivity index (χ3n) is 2.58. The summed E-state index contributed by atoms with van der Waals surface area (Å²) < 4.78 is 29.9. The van der Waals surface area contributed by atoms with Crippen LogP contribution in [0.4, 0.5) is 0 Å². The Morgan fingerprint density at radius 1 is 1.33 bits per heavy atom. The number of likely N-dealkylation sites (N-methyl/N-ethyl adjacent to an activating group) is 1. The number of benzene rings is 1. The van der Waals surface area contributed by atoms with Gasteiger partial charge in [0.15, 0.2) is 6.10 Å². The number of esters is 1. The van der Waals surface area contributed by atoms with E-state index in [9.17, 15) is 18.0 Å². The molecule has 0 heterocycles. The minimum atomic E-state index is -3.85. The maximum atomic E-state index is 12.2. The quantitative estimate of drug-likeness (QED) is 0.757. The zero-order chi connectivity index (χ0) is 16.2. The third kappa shape index (κ3) is 4.69. The van der Waals surface area contributed by atoms with Crippen molar-refractivity contribution >= 4 is 33.5 Å². The van der Waals surface area contributed by atoms with Crippen LogP contribution in [0.5, 0.6) is 0 Å². The molecule has 1 amide bonds. The normalized spacial score (nSPS) is 13.0. The van der Waals surface area contributed by atoms with E-state index in [-0.39, 0.29) is 4.90 Å². The number of hydrogen-bond acceptors (Lipinski definition) is 5. The number of rotatable bonds is 6. The Morgan fingerprint density at radius 2 is 1.86 bits per heavy atom. The summed E-state index contributed by atoms with van der Waals surface area (Å²) in [6.45, 7) is 0.760. The topological polar surface area (TPSA) is 107 Å². The lowest BCUT2D eigenvalue weighted by Crippen LogP contribution is -2.37. The minimum absolute atomic E-state index is 0.00912. The average Bonchev–Trinajstić information content (AvgIpc) is 2.38. The molecule has 0 unspecified atom stereocenters. The van der Waals surface area contributed by atoms with Crippen LogP contribution in [0.25, 0.3) is 0 Å². The monoisotopic (exact) mass is 334 g/mol. The van der Waals surface area contributed by atoms with Crippen molar-refractivity contribution in [3.8, 4) is 0 Å². The van der Waals surface area contributed by atoms with E-state index in [2.05, 4.69) is 0 Å². The van der Waals surface area contributed by atoms with Gasteiger partial charge < -0.3 is 10.5 Å². The van der Waals surface area contributed by atoms with Crippen molar-refractivity contribution in [2.24, 2.45) is 5.73 Å². The first-order chi connectivity index (χ1) is 9.64. The molecule has 0 saturated heterocycles. The lowest BCUT2D eigenvalue weighted by molar-refractivity contribution is -0.153. The summed E-state index contributed by atoms with van der Waals surface area (Å²) in [7, 11) is -2.63. The van der Waals surface area contributed by atoms with Crippen LogP contribution in [-0.2, 0) is 24.3 Å². The first-order valence-electron chi connectivity index (χ1n) is 5.85. The van der Waals surface area contributed by atoms with Gasteiger partial charge in [-0.1, -0.05) is 11.6 Å². The molecule has 1 aromatic carbocycles. The molecule has 1 rings (SSSR count). The Balaban J connectivity index is 2.78. The molecule has 0 fully saturated rings. The summed E-state index contributed by atoms with van der Waals surface area (Å²) in [6.07, 6.45) is -1.12. The van der Waals surface area contributed by atoms with Crippen molar-refractivity contribution in [2.75, 3.05) is 13.6 Å². The number of nitrogens with two attached hydrogens (primary N) is 1. The van der Waals surface area contributed by atoms with Crippen LogP contribution in [0, 0.1) is 0 Å². The molecule has 0 aromatic heterocycles. The van der Waals surface area contributed by atoms with E-state index in [4.69, 9.17) is 22.1 Å². The SMILES string of the molecule is C[C@@H](OC(=O)CN(C)S(=O)(=O)c1ccc(Cl)cc1)C(N)=O. The summed E-state index contributed by atoms with van der Waals surface area (Å²) in [5.41, 5.74) is 4.95. The van der Waals surface area contributed by atoms with Gasteiger partial charge in [0.1, 0.15) is 6.54 Å². The summed E-state index contributed by atoms with van der Waals surface area (Å²) in [6, 6.07) is 5.50. The van der Waals surface area contributed by atoms with Crippen LogP contribution in [0.3, 0.4) is 0 Å². The number of primary amides is 1. The number of hydrogen-bond donors (Lipinski definition) is 1. The number of sulfonamides is 1. The van der Waals surface area contributed by atoms with Crippen molar-refractivity contribution < 1.29 is 22.7 Å². The molecule has 1 atom stereocenters. The maximum absolute atomic E-state index is 12.2. The summed E-state index contributed by atoms with van der Waals surface area (Å²) in [5.74, 6) is -1.69. The fourth-order valence-corrected chi connectivity index (χ4v) is 2.59. The van der Waals surface area contributed by atoms with Crippen molar-refractivity contribution in [1.29, 1.82) is 0 Å². The number of nitrogens with zero attached hydrogens (tertiary/aromatic N) is 1. The van der Waals surface area contributed by atoms with E-state index >= 15 is 0 Å². The molecule has 9 heteroatoms. The van der Waals surface area contributed by atoms with Crippen molar-refractivity contribution in [3.63, 3.8) is 0 Å². The van der Waals surface area contributed by atoms with Crippen molar-refractivity contribution in [1.82, 2.24) is 4.31 Å². The molecule has 21 heavy (non-hydrogen) atoms. The summed E-state index contributed by atoms with van der Waals surface area (Å²) in [4.78, 5) is 22.3. The fourth-order valence-electron chi connectivity index (χ4n) is 1.35. The molecule has 0 spiro atoms. The second-order valence-electron chi connectivity index (χ2n) is 4.25. The predicted octanol–water partition coefficient (Wildman–Crippen LogP) is 0.377. The Kier molecular flexibility index (Phi) is 5.70. The standard InChI is InChI=1S/C12H15ClN2O5S/c1-8(12(14)17)20-11(16)7-15(2)21(18,19)10-5-3-9(13)4-6-10/h3-6,8H,7H2,1-2H3,(H2,14,17)/t8-/m1/s1.